The van der Waals surface area contributed by atoms with Gasteiger partial charge in [-0.3, -0.25) is 0 Å². The Hall–Kier alpha value is -0.660. The van der Waals surface area contributed by atoms with Crippen LogP contribution in [0.2, 0.25) is 0 Å². The van der Waals surface area contributed by atoms with Gasteiger partial charge in [0.15, 0.2) is 0 Å². The third kappa shape index (κ3) is 11.7. The molecule has 0 aromatic rings. The van der Waals surface area contributed by atoms with Gasteiger partial charge in [-0.1, -0.05) is 104 Å². The molecule has 0 amide bonds. The first kappa shape index (κ1) is 24.4. The molecule has 0 aromatic heterocycles. The molecule has 0 radical (unpaired) electrons. The fourth-order valence-electron chi connectivity index (χ4n) is 4.23. The maximum absolute atomic E-state index is 2.64. The monoisotopic (exact) mass is 378 g/mol. The van der Waals surface area contributed by atoms with Gasteiger partial charge in [-0.2, -0.15) is 0 Å². The molecule has 0 N–H and O–H groups in total. The van der Waals surface area contributed by atoms with Crippen LogP contribution in [0.1, 0.15) is 130 Å². The van der Waals surface area contributed by atoms with Crippen LogP contribution < -0.4 is 0 Å². The number of unbranched alkanes of at least 4 members (excludes halogenated alkanes) is 13. The molecule has 2 nitrogen and oxygen atoms in total. The van der Waals surface area contributed by atoms with E-state index in [1.165, 1.54) is 122 Å². The molecule has 0 aromatic carbocycles. The molecular formula is C25H50N2. The number of rotatable bonds is 19. The highest BCUT2D eigenvalue weighted by Gasteiger charge is 2.24. The van der Waals surface area contributed by atoms with Crippen LogP contribution in [0.4, 0.5) is 0 Å². The van der Waals surface area contributed by atoms with E-state index < -0.39 is 0 Å². The Bertz CT molecular complexity index is 339. The van der Waals surface area contributed by atoms with Crippen molar-refractivity contribution in [3.05, 3.63) is 12.4 Å². The summed E-state index contributed by atoms with van der Waals surface area (Å²) >= 11 is 0. The van der Waals surface area contributed by atoms with Crippen LogP contribution in [0.3, 0.4) is 0 Å². The van der Waals surface area contributed by atoms with Crippen molar-refractivity contribution in [1.82, 2.24) is 9.80 Å². The highest BCUT2D eigenvalue weighted by atomic mass is 15.4. The van der Waals surface area contributed by atoms with Crippen molar-refractivity contribution in [2.24, 2.45) is 0 Å². The van der Waals surface area contributed by atoms with E-state index in [1.807, 2.05) is 0 Å². The largest absolute Gasteiger partial charge is 0.356 e. The first-order valence-electron chi connectivity index (χ1n) is 12.5. The van der Waals surface area contributed by atoms with Crippen molar-refractivity contribution in [1.29, 1.82) is 0 Å². The van der Waals surface area contributed by atoms with Crippen molar-refractivity contribution in [3.8, 4) is 0 Å². The zero-order valence-corrected chi connectivity index (χ0v) is 19.1. The lowest BCUT2D eigenvalue weighted by Gasteiger charge is -2.33. The fourth-order valence-corrected chi connectivity index (χ4v) is 4.23. The molecular weight excluding hydrogens is 328 g/mol. The number of hydrogen-bond acceptors (Lipinski definition) is 2. The summed E-state index contributed by atoms with van der Waals surface area (Å²) in [6, 6.07) is 0. The number of nitrogens with zero attached hydrogens (tertiary/aromatic N) is 2. The van der Waals surface area contributed by atoms with Crippen LogP contribution in [-0.4, -0.2) is 29.1 Å². The minimum absolute atomic E-state index is 0.644. The average Bonchev–Trinajstić information content (AvgIpc) is 3.06. The molecule has 0 saturated heterocycles. The van der Waals surface area contributed by atoms with Crippen molar-refractivity contribution >= 4 is 0 Å². The van der Waals surface area contributed by atoms with Gasteiger partial charge >= 0.3 is 0 Å². The third-order valence-corrected chi connectivity index (χ3v) is 6.07. The van der Waals surface area contributed by atoms with E-state index in [0.29, 0.717) is 6.17 Å². The average molecular weight is 379 g/mol. The van der Waals surface area contributed by atoms with E-state index in [1.54, 1.807) is 0 Å². The predicted octanol–water partition coefficient (Wildman–Crippen LogP) is 8.09. The first-order chi connectivity index (χ1) is 13.3. The predicted molar refractivity (Wildman–Crippen MR) is 122 cm³/mol. The zero-order chi connectivity index (χ0) is 19.6. The molecule has 160 valence electrons. The molecule has 1 aliphatic rings. The van der Waals surface area contributed by atoms with Gasteiger partial charge in [0, 0.05) is 25.5 Å². The molecule has 1 rings (SSSR count). The molecule has 2 heteroatoms. The third-order valence-electron chi connectivity index (χ3n) is 6.07. The standard InChI is InChI=1S/C25H50N2/c1-4-7-10-12-13-14-15-17-19-22-27-24-23-26(25(27)20-9-6-3)21-18-16-11-8-5-2/h23-25H,4-22H2,1-3H3. The van der Waals surface area contributed by atoms with Crippen molar-refractivity contribution in [3.63, 3.8) is 0 Å². The normalized spacial score (nSPS) is 16.6. The van der Waals surface area contributed by atoms with Crippen molar-refractivity contribution in [2.75, 3.05) is 13.1 Å². The Morgan fingerprint density at radius 1 is 0.481 bits per heavy atom. The fraction of sp³-hybridized carbons (Fsp3) is 0.920. The lowest BCUT2D eigenvalue weighted by Crippen LogP contribution is -2.39. The summed E-state index contributed by atoms with van der Waals surface area (Å²) in [5, 5.41) is 0. The molecule has 0 bridgehead atoms. The SMILES string of the molecule is CCCCCCCCCCCN1C=CN(CCCCCCC)C1CCCC. The smallest absolute Gasteiger partial charge is 0.101 e. The van der Waals surface area contributed by atoms with Gasteiger partial charge < -0.3 is 9.80 Å². The maximum atomic E-state index is 2.64. The Labute approximate surface area is 171 Å². The molecule has 1 unspecified atom stereocenters. The number of hydrogen-bond donors (Lipinski definition) is 0. The van der Waals surface area contributed by atoms with Crippen LogP contribution in [0.25, 0.3) is 0 Å². The van der Waals surface area contributed by atoms with E-state index in [0.717, 1.165) is 0 Å². The Morgan fingerprint density at radius 3 is 1.26 bits per heavy atom. The van der Waals surface area contributed by atoms with Gasteiger partial charge in [-0.15, -0.1) is 0 Å². The second-order valence-corrected chi connectivity index (χ2v) is 8.64. The molecule has 0 fully saturated rings. The maximum Gasteiger partial charge on any atom is 0.101 e. The first-order valence-corrected chi connectivity index (χ1v) is 12.5. The molecule has 0 saturated carbocycles. The second-order valence-electron chi connectivity index (χ2n) is 8.64. The van der Waals surface area contributed by atoms with E-state index >= 15 is 0 Å². The zero-order valence-electron chi connectivity index (χ0n) is 19.1. The molecule has 27 heavy (non-hydrogen) atoms. The molecule has 1 atom stereocenters. The highest BCUT2D eigenvalue weighted by molar-refractivity contribution is 4.96. The molecule has 1 heterocycles. The second kappa shape index (κ2) is 17.4. The van der Waals surface area contributed by atoms with Gasteiger partial charge in [-0.25, -0.2) is 0 Å². The summed E-state index contributed by atoms with van der Waals surface area (Å²) in [5.41, 5.74) is 0. The summed E-state index contributed by atoms with van der Waals surface area (Å²) < 4.78 is 0. The Kier molecular flexibility index (Phi) is 15.7. The van der Waals surface area contributed by atoms with Crippen molar-refractivity contribution in [2.45, 2.75) is 136 Å². The van der Waals surface area contributed by atoms with Crippen LogP contribution >= 0.6 is 0 Å². The van der Waals surface area contributed by atoms with Crippen LogP contribution in [0.15, 0.2) is 12.4 Å². The van der Waals surface area contributed by atoms with Crippen LogP contribution in [-0.2, 0) is 0 Å². The van der Waals surface area contributed by atoms with E-state index in [-0.39, 0.29) is 0 Å². The summed E-state index contributed by atoms with van der Waals surface area (Å²) in [7, 11) is 0. The minimum Gasteiger partial charge on any atom is -0.356 e. The van der Waals surface area contributed by atoms with E-state index in [9.17, 15) is 0 Å². The lowest BCUT2D eigenvalue weighted by molar-refractivity contribution is 0.136. The molecule has 0 aliphatic carbocycles. The van der Waals surface area contributed by atoms with Crippen LogP contribution in [0.5, 0.6) is 0 Å². The summed E-state index contributed by atoms with van der Waals surface area (Å²) in [6.45, 7) is 9.43. The minimum atomic E-state index is 0.644. The lowest BCUT2D eigenvalue weighted by atomic mass is 10.1. The Morgan fingerprint density at radius 2 is 0.852 bits per heavy atom. The van der Waals surface area contributed by atoms with Gasteiger partial charge in [0.2, 0.25) is 0 Å². The van der Waals surface area contributed by atoms with Gasteiger partial charge in [0.05, 0.1) is 0 Å². The van der Waals surface area contributed by atoms with Crippen molar-refractivity contribution < 1.29 is 0 Å². The topological polar surface area (TPSA) is 6.48 Å². The van der Waals surface area contributed by atoms with Gasteiger partial charge in [0.1, 0.15) is 6.17 Å². The highest BCUT2D eigenvalue weighted by Crippen LogP contribution is 2.23. The summed E-state index contributed by atoms with van der Waals surface area (Å²) in [5.74, 6) is 0. The van der Waals surface area contributed by atoms with Gasteiger partial charge in [0.25, 0.3) is 0 Å². The van der Waals surface area contributed by atoms with E-state index in [2.05, 4.69) is 43.0 Å². The molecule has 0 spiro atoms. The Balaban J connectivity index is 2.17. The van der Waals surface area contributed by atoms with E-state index in [4.69, 9.17) is 0 Å². The summed E-state index contributed by atoms with van der Waals surface area (Å²) in [4.78, 5) is 5.28. The van der Waals surface area contributed by atoms with Crippen LogP contribution in [0, 0.1) is 0 Å². The summed E-state index contributed by atoms with van der Waals surface area (Å²) in [6.07, 6.45) is 29.1. The quantitative estimate of drug-likeness (QED) is 0.209. The van der Waals surface area contributed by atoms with Gasteiger partial charge in [-0.05, 0) is 25.7 Å². The molecule has 1 aliphatic heterocycles.